The highest BCUT2D eigenvalue weighted by atomic mass is 35.5. The smallest absolute Gasteiger partial charge is 0.356 e. The molecule has 1 aliphatic rings. The molecule has 0 aliphatic carbocycles. The van der Waals surface area contributed by atoms with E-state index in [2.05, 4.69) is 5.32 Å². The van der Waals surface area contributed by atoms with E-state index in [4.69, 9.17) is 16.3 Å². The number of halogens is 1. The summed E-state index contributed by atoms with van der Waals surface area (Å²) in [4.78, 5) is 61.9. The molecule has 0 fully saturated rings. The molecule has 1 heterocycles. The molecule has 4 rings (SSSR count). The van der Waals surface area contributed by atoms with Gasteiger partial charge in [-0.25, -0.2) is 9.69 Å². The van der Waals surface area contributed by atoms with Crippen molar-refractivity contribution < 1.29 is 28.8 Å². The van der Waals surface area contributed by atoms with E-state index < -0.39 is 35.3 Å². The van der Waals surface area contributed by atoms with Gasteiger partial charge in [-0.15, -0.1) is 0 Å². The number of carbonyl (C=O) groups is 4. The fourth-order valence-corrected chi connectivity index (χ4v) is 3.51. The van der Waals surface area contributed by atoms with Gasteiger partial charge in [0.25, 0.3) is 23.4 Å². The maximum Gasteiger partial charge on any atom is 0.356 e. The van der Waals surface area contributed by atoms with Gasteiger partial charge in [0.05, 0.1) is 16.1 Å². The Bertz CT molecular complexity index is 1400. The number of esters is 1. The summed E-state index contributed by atoms with van der Waals surface area (Å²) in [5, 5.41) is 13.9. The van der Waals surface area contributed by atoms with Crippen LogP contribution in [0.3, 0.4) is 0 Å². The molecule has 1 aliphatic heterocycles. The summed E-state index contributed by atoms with van der Waals surface area (Å²) in [7, 11) is 0. The molecule has 180 valence electrons. The zero-order valence-electron chi connectivity index (χ0n) is 18.3. The Labute approximate surface area is 208 Å². The zero-order chi connectivity index (χ0) is 25.8. The molecule has 36 heavy (non-hydrogen) atoms. The number of imide groups is 1. The van der Waals surface area contributed by atoms with Gasteiger partial charge in [-0.1, -0.05) is 41.9 Å². The number of ether oxygens (including phenoxy) is 1. The summed E-state index contributed by atoms with van der Waals surface area (Å²) >= 11 is 5.90. The molecule has 1 N–H and O–H groups in total. The molecule has 0 radical (unpaired) electrons. The van der Waals surface area contributed by atoms with Crippen molar-refractivity contribution in [1.82, 2.24) is 10.2 Å². The molecular formula is C25H16ClN3O7. The maximum absolute atomic E-state index is 12.9. The van der Waals surface area contributed by atoms with Crippen LogP contribution in [-0.4, -0.2) is 40.2 Å². The van der Waals surface area contributed by atoms with E-state index in [1.165, 1.54) is 36.4 Å². The Hall–Kier alpha value is -4.83. The number of amides is 3. The average Bonchev–Trinajstić information content (AvgIpc) is 3.12. The summed E-state index contributed by atoms with van der Waals surface area (Å²) in [5.74, 6) is -3.09. The van der Waals surface area contributed by atoms with Crippen molar-refractivity contribution in [1.29, 1.82) is 0 Å². The van der Waals surface area contributed by atoms with Crippen molar-refractivity contribution in [2.24, 2.45) is 0 Å². The van der Waals surface area contributed by atoms with Gasteiger partial charge in [0.1, 0.15) is 5.70 Å². The SMILES string of the molecule is O=C(OCN1C(=O)c2ccccc2C1=O)/C(=C/c1ccc(Cl)cc1)NC(=O)c1cccc([N+](=O)[O-])c1. The first-order valence-electron chi connectivity index (χ1n) is 10.4. The van der Waals surface area contributed by atoms with Gasteiger partial charge in [0, 0.05) is 22.7 Å². The first kappa shape index (κ1) is 24.3. The fraction of sp³-hybridized carbons (Fsp3) is 0.0400. The fourth-order valence-electron chi connectivity index (χ4n) is 3.38. The Morgan fingerprint density at radius 3 is 2.22 bits per heavy atom. The standard InChI is InChI=1S/C25H16ClN3O7/c26-17-10-8-15(9-11-17)12-21(27-22(30)16-4-3-5-18(13-16)29(34)35)25(33)36-14-28-23(31)19-6-1-2-7-20(19)24(28)32/h1-13H,14H2,(H,27,30)/b21-12-. The number of rotatable bonds is 7. The van der Waals surface area contributed by atoms with Crippen LogP contribution < -0.4 is 5.32 Å². The van der Waals surface area contributed by atoms with Crippen LogP contribution in [0.4, 0.5) is 5.69 Å². The summed E-state index contributed by atoms with van der Waals surface area (Å²) < 4.78 is 5.18. The third-order valence-electron chi connectivity index (χ3n) is 5.17. The number of nitro benzene ring substituents is 1. The number of nitro groups is 1. The molecule has 10 nitrogen and oxygen atoms in total. The molecule has 0 bridgehead atoms. The first-order chi connectivity index (χ1) is 17.2. The van der Waals surface area contributed by atoms with Crippen molar-refractivity contribution in [3.8, 4) is 0 Å². The second-order valence-electron chi connectivity index (χ2n) is 7.52. The molecule has 0 saturated carbocycles. The van der Waals surface area contributed by atoms with Crippen molar-refractivity contribution in [2.45, 2.75) is 0 Å². The lowest BCUT2D eigenvalue weighted by molar-refractivity contribution is -0.384. The van der Waals surface area contributed by atoms with Crippen LogP contribution in [0.5, 0.6) is 0 Å². The van der Waals surface area contributed by atoms with E-state index in [0.29, 0.717) is 10.6 Å². The molecule has 0 atom stereocenters. The molecule has 3 amide bonds. The maximum atomic E-state index is 12.9. The molecule has 0 spiro atoms. The number of nitrogens with zero attached hydrogens (tertiary/aromatic N) is 2. The molecule has 0 unspecified atom stereocenters. The number of fused-ring (bicyclic) bond motifs is 1. The monoisotopic (exact) mass is 505 g/mol. The summed E-state index contributed by atoms with van der Waals surface area (Å²) in [6, 6.07) is 17.4. The van der Waals surface area contributed by atoms with Gasteiger partial charge < -0.3 is 10.1 Å². The van der Waals surface area contributed by atoms with Crippen molar-refractivity contribution in [3.63, 3.8) is 0 Å². The Morgan fingerprint density at radius 1 is 0.972 bits per heavy atom. The highest BCUT2D eigenvalue weighted by molar-refractivity contribution is 6.30. The van der Waals surface area contributed by atoms with Crippen LogP contribution in [0.2, 0.25) is 5.02 Å². The van der Waals surface area contributed by atoms with E-state index in [1.807, 2.05) is 0 Å². The lowest BCUT2D eigenvalue weighted by atomic mass is 10.1. The molecule has 0 aromatic heterocycles. The average molecular weight is 506 g/mol. The second kappa shape index (κ2) is 10.2. The molecule has 11 heteroatoms. The molecular weight excluding hydrogens is 490 g/mol. The zero-order valence-corrected chi connectivity index (χ0v) is 19.1. The quantitative estimate of drug-likeness (QED) is 0.169. The van der Waals surface area contributed by atoms with Gasteiger partial charge in [-0.2, -0.15) is 0 Å². The van der Waals surface area contributed by atoms with Gasteiger partial charge in [-0.05, 0) is 42.0 Å². The number of hydrogen-bond donors (Lipinski definition) is 1. The number of nitrogens with one attached hydrogen (secondary N) is 1. The predicted molar refractivity (Wildman–Crippen MR) is 128 cm³/mol. The topological polar surface area (TPSA) is 136 Å². The molecule has 0 saturated heterocycles. The molecule has 3 aromatic carbocycles. The van der Waals surface area contributed by atoms with E-state index in [-0.39, 0.29) is 28.1 Å². The van der Waals surface area contributed by atoms with Gasteiger partial charge >= 0.3 is 5.97 Å². The number of non-ortho nitro benzene ring substituents is 1. The third kappa shape index (κ3) is 5.13. The van der Waals surface area contributed by atoms with Crippen LogP contribution in [0.25, 0.3) is 6.08 Å². The summed E-state index contributed by atoms with van der Waals surface area (Å²) in [6.07, 6.45) is 1.30. The minimum Gasteiger partial charge on any atom is -0.439 e. The largest absolute Gasteiger partial charge is 0.439 e. The highest BCUT2D eigenvalue weighted by Gasteiger charge is 2.36. The van der Waals surface area contributed by atoms with E-state index in [1.54, 1.807) is 36.4 Å². The van der Waals surface area contributed by atoms with Crippen LogP contribution >= 0.6 is 11.6 Å². The van der Waals surface area contributed by atoms with E-state index >= 15 is 0 Å². The van der Waals surface area contributed by atoms with E-state index in [9.17, 15) is 29.3 Å². The minimum absolute atomic E-state index is 0.0700. The van der Waals surface area contributed by atoms with Gasteiger partial charge in [-0.3, -0.25) is 24.5 Å². The van der Waals surface area contributed by atoms with Gasteiger partial charge in [0.15, 0.2) is 6.73 Å². The normalized spacial score (nSPS) is 12.8. The third-order valence-corrected chi connectivity index (χ3v) is 5.42. The van der Waals surface area contributed by atoms with E-state index in [0.717, 1.165) is 11.0 Å². The van der Waals surface area contributed by atoms with Crippen molar-refractivity contribution >= 4 is 47.1 Å². The Balaban J connectivity index is 1.55. The Morgan fingerprint density at radius 2 is 1.61 bits per heavy atom. The lowest BCUT2D eigenvalue weighted by Gasteiger charge is -2.15. The lowest BCUT2D eigenvalue weighted by Crippen LogP contribution is -2.35. The minimum atomic E-state index is -1.04. The summed E-state index contributed by atoms with van der Waals surface area (Å²) in [5.41, 5.74) is 0.152. The number of carbonyl (C=O) groups excluding carboxylic acids is 4. The van der Waals surface area contributed by atoms with Gasteiger partial charge in [0.2, 0.25) is 0 Å². The van der Waals surface area contributed by atoms with Crippen LogP contribution in [-0.2, 0) is 9.53 Å². The van der Waals surface area contributed by atoms with Crippen LogP contribution in [0.1, 0.15) is 36.6 Å². The number of hydrogen-bond acceptors (Lipinski definition) is 7. The highest BCUT2D eigenvalue weighted by Crippen LogP contribution is 2.22. The predicted octanol–water partition coefficient (Wildman–Crippen LogP) is 3.82. The molecule has 3 aromatic rings. The van der Waals surface area contributed by atoms with Crippen molar-refractivity contribution in [2.75, 3.05) is 6.73 Å². The van der Waals surface area contributed by atoms with Crippen LogP contribution in [0, 0.1) is 10.1 Å². The first-order valence-corrected chi connectivity index (χ1v) is 10.8. The number of benzene rings is 3. The summed E-state index contributed by atoms with van der Waals surface area (Å²) in [6.45, 7) is -0.685. The second-order valence-corrected chi connectivity index (χ2v) is 7.95. The van der Waals surface area contributed by atoms with Crippen molar-refractivity contribution in [3.05, 3.63) is 116 Å². The van der Waals surface area contributed by atoms with Crippen LogP contribution in [0.15, 0.2) is 78.5 Å². The Kier molecular flexibility index (Phi) is 6.88.